The summed E-state index contributed by atoms with van der Waals surface area (Å²) in [6.07, 6.45) is -35.9. The van der Waals surface area contributed by atoms with E-state index in [9.17, 15) is 84.9 Å². The van der Waals surface area contributed by atoms with Gasteiger partial charge in [-0.3, -0.25) is 9.59 Å². The van der Waals surface area contributed by atoms with Crippen LogP contribution in [0.5, 0.6) is 0 Å². The highest BCUT2D eigenvalue weighted by molar-refractivity contribution is 5.76. The van der Waals surface area contributed by atoms with Crippen molar-refractivity contribution in [1.82, 2.24) is 0 Å². The van der Waals surface area contributed by atoms with Gasteiger partial charge in [0, 0.05) is 6.42 Å². The van der Waals surface area contributed by atoms with Crippen LogP contribution in [0.2, 0.25) is 0 Å². The van der Waals surface area contributed by atoms with E-state index in [1.54, 1.807) is 6.92 Å². The van der Waals surface area contributed by atoms with Crippen LogP contribution in [0.1, 0.15) is 92.9 Å². The van der Waals surface area contributed by atoms with Crippen molar-refractivity contribution in [3.63, 3.8) is 0 Å². The van der Waals surface area contributed by atoms with Crippen LogP contribution in [-0.2, 0) is 19.1 Å². The van der Waals surface area contributed by atoms with E-state index in [1.807, 2.05) is 0 Å². The molecule has 0 amide bonds. The Morgan fingerprint density at radius 2 is 1.02 bits per heavy atom. The summed E-state index contributed by atoms with van der Waals surface area (Å²) in [5.74, 6) is -10.1. The molecule has 1 saturated carbocycles. The predicted molar refractivity (Wildman–Crippen MR) is 144 cm³/mol. The molecule has 3 atom stereocenters. The van der Waals surface area contributed by atoms with Crippen molar-refractivity contribution < 1.29 is 99.5 Å². The van der Waals surface area contributed by atoms with Crippen molar-refractivity contribution in [3.8, 4) is 0 Å². The van der Waals surface area contributed by atoms with Crippen molar-refractivity contribution >= 4 is 11.9 Å². The first kappa shape index (κ1) is 48.7. The largest absolute Gasteiger partial charge is 0.462 e. The lowest BCUT2D eigenvalue weighted by Crippen LogP contribution is -2.70. The summed E-state index contributed by atoms with van der Waals surface area (Å²) < 4.78 is 215. The molecule has 0 aromatic heterocycles. The van der Waals surface area contributed by atoms with Gasteiger partial charge in [-0.25, -0.2) is 8.78 Å². The third-order valence-electron chi connectivity index (χ3n) is 8.85. The summed E-state index contributed by atoms with van der Waals surface area (Å²) in [4.78, 5) is 23.8. The number of hydrogen-bond acceptors (Lipinski definition) is 6. The highest BCUT2D eigenvalue weighted by atomic mass is 19.4. The first-order valence-electron chi connectivity index (χ1n) is 15.2. The molecular formula is C29H40F16O6. The van der Waals surface area contributed by atoms with E-state index in [4.69, 9.17) is 9.84 Å². The van der Waals surface area contributed by atoms with Gasteiger partial charge in [0.05, 0.1) is 10.8 Å². The Morgan fingerprint density at radius 3 is 1.31 bits per heavy atom. The van der Waals surface area contributed by atoms with Crippen LogP contribution < -0.4 is 0 Å². The Labute approximate surface area is 282 Å². The van der Waals surface area contributed by atoms with E-state index in [-0.39, 0.29) is 6.42 Å². The van der Waals surface area contributed by atoms with Crippen molar-refractivity contribution in [3.05, 3.63) is 0 Å². The number of aliphatic hydroxyl groups is 2. The molecule has 1 rings (SSSR count). The third-order valence-corrected chi connectivity index (χ3v) is 8.85. The van der Waals surface area contributed by atoms with Gasteiger partial charge in [-0.1, -0.05) is 33.1 Å². The fraction of sp³-hybridized carbons (Fsp3) is 0.931. The minimum absolute atomic E-state index is 0.264. The first-order valence-corrected chi connectivity index (χ1v) is 15.2. The smallest absolute Gasteiger partial charge is 0.431 e. The molecule has 0 radical (unpaired) electrons. The molecule has 1 aliphatic carbocycles. The Bertz CT molecular complexity index is 1120. The zero-order valence-corrected chi connectivity index (χ0v) is 28.0. The van der Waals surface area contributed by atoms with Crippen LogP contribution >= 0.6 is 0 Å². The molecule has 0 saturated heterocycles. The van der Waals surface area contributed by atoms with E-state index >= 15 is 0 Å². The number of carbonyl (C=O) groups excluding carboxylic acids is 2. The normalized spacial score (nSPS) is 18.7. The third kappa shape index (κ3) is 11.1. The molecular weight excluding hydrogens is 748 g/mol. The molecule has 0 spiro atoms. The fourth-order valence-corrected chi connectivity index (χ4v) is 4.35. The van der Waals surface area contributed by atoms with Gasteiger partial charge in [0.25, 0.3) is 23.7 Å². The van der Waals surface area contributed by atoms with Gasteiger partial charge in [0.2, 0.25) is 0 Å². The zero-order valence-electron chi connectivity index (χ0n) is 28.0. The molecule has 6 nitrogen and oxygen atoms in total. The number of hydrogen-bond donors (Lipinski definition) is 2. The van der Waals surface area contributed by atoms with Gasteiger partial charge >= 0.3 is 42.6 Å². The lowest BCUT2D eigenvalue weighted by atomic mass is 9.80. The van der Waals surface area contributed by atoms with Gasteiger partial charge in [0.1, 0.15) is 6.10 Å². The van der Waals surface area contributed by atoms with E-state index in [0.717, 1.165) is 20.3 Å². The van der Waals surface area contributed by atoms with Gasteiger partial charge in [-0.2, -0.15) is 61.5 Å². The highest BCUT2D eigenvalue weighted by Gasteiger charge is 2.81. The summed E-state index contributed by atoms with van der Waals surface area (Å²) in [5.41, 5.74) is -14.2. The highest BCUT2D eigenvalue weighted by Crippen LogP contribution is 2.52. The van der Waals surface area contributed by atoms with Crippen LogP contribution in [0.25, 0.3) is 0 Å². The van der Waals surface area contributed by atoms with Crippen molar-refractivity contribution in [2.45, 2.75) is 153 Å². The van der Waals surface area contributed by atoms with Crippen LogP contribution in [0.4, 0.5) is 70.2 Å². The Balaban J connectivity index is 0.000000982. The minimum Gasteiger partial charge on any atom is -0.462 e. The molecule has 2 N–H and O–H groups in total. The number of alkyl halides is 16. The lowest BCUT2D eigenvalue weighted by molar-refractivity contribution is -0.401. The number of esters is 2. The average Bonchev–Trinajstić information content (AvgIpc) is 2.96. The maximum atomic E-state index is 13.8. The van der Waals surface area contributed by atoms with Crippen LogP contribution in [-0.4, -0.2) is 82.6 Å². The molecule has 0 heterocycles. The molecule has 1 aliphatic rings. The maximum Gasteiger partial charge on any atom is 0.431 e. The number of halogens is 16. The van der Waals surface area contributed by atoms with E-state index in [2.05, 4.69) is 4.74 Å². The van der Waals surface area contributed by atoms with Gasteiger partial charge in [-0.15, -0.1) is 0 Å². The van der Waals surface area contributed by atoms with Crippen LogP contribution in [0.15, 0.2) is 0 Å². The van der Waals surface area contributed by atoms with Crippen molar-refractivity contribution in [2.24, 2.45) is 16.7 Å². The van der Waals surface area contributed by atoms with E-state index in [0.29, 0.717) is 32.1 Å². The van der Waals surface area contributed by atoms with Gasteiger partial charge < -0.3 is 19.7 Å². The monoisotopic (exact) mass is 788 g/mol. The maximum absolute atomic E-state index is 13.8. The standard InChI is InChI=1S/C17H26F6O3.C12H14F10O3/c1-4-14(2,3)13(24)26-12(11-8-6-5-7-9-11)10-15(25,16(18,19)20)17(21,22)23;1-4-8(2,3)7(23)25-5(11(17,18)19)10(15,16)9(24,6(13)14)12(20,21)22/h11-12,25H,4-10H2,1-3H3;5-6,24H,4H2,1-3H3. The van der Waals surface area contributed by atoms with Crippen molar-refractivity contribution in [2.75, 3.05) is 0 Å². The lowest BCUT2D eigenvalue weighted by Gasteiger charge is -2.40. The SMILES string of the molecule is CCC(C)(C)C(=O)OC(C(F)(F)F)C(F)(F)C(O)(C(F)F)C(F)(F)F.CCC(C)(C)C(=O)OC(CC(O)(C(F)(F)F)C(F)(F)F)C1CCCCC1. The summed E-state index contributed by atoms with van der Waals surface area (Å²) >= 11 is 0. The molecule has 0 bridgehead atoms. The van der Waals surface area contributed by atoms with Crippen LogP contribution in [0, 0.1) is 16.7 Å². The average molecular weight is 789 g/mol. The van der Waals surface area contributed by atoms with E-state index in [1.165, 1.54) is 20.8 Å². The Hall–Kier alpha value is -2.26. The summed E-state index contributed by atoms with van der Waals surface area (Å²) in [7, 11) is 0. The second-order valence-electron chi connectivity index (χ2n) is 13.4. The fourth-order valence-electron chi connectivity index (χ4n) is 4.35. The molecule has 22 heteroatoms. The molecule has 0 aromatic carbocycles. The summed E-state index contributed by atoms with van der Waals surface area (Å²) in [6, 6.07) is 0. The molecule has 0 aliphatic heterocycles. The van der Waals surface area contributed by atoms with Gasteiger partial charge in [-0.05, 0) is 59.3 Å². The second kappa shape index (κ2) is 16.4. The first-order chi connectivity index (χ1) is 22.4. The molecule has 0 aromatic rings. The second-order valence-corrected chi connectivity index (χ2v) is 13.4. The summed E-state index contributed by atoms with van der Waals surface area (Å²) in [6.45, 7) is 7.78. The summed E-state index contributed by atoms with van der Waals surface area (Å²) in [5, 5.41) is 18.3. The minimum atomic E-state index is -6.86. The predicted octanol–water partition coefficient (Wildman–Crippen LogP) is 9.25. The van der Waals surface area contributed by atoms with Gasteiger partial charge in [0.15, 0.2) is 0 Å². The number of ether oxygens (including phenoxy) is 2. The molecule has 1 fully saturated rings. The Kier molecular flexibility index (Phi) is 15.7. The molecule has 3 unspecified atom stereocenters. The topological polar surface area (TPSA) is 93.1 Å². The number of carbonyl (C=O) groups is 2. The zero-order chi connectivity index (χ0) is 41.0. The van der Waals surface area contributed by atoms with Crippen molar-refractivity contribution in [1.29, 1.82) is 0 Å². The quantitative estimate of drug-likeness (QED) is 0.151. The molecule has 304 valence electrons. The van der Waals surface area contributed by atoms with Crippen LogP contribution in [0.3, 0.4) is 0 Å². The molecule has 51 heavy (non-hydrogen) atoms. The van der Waals surface area contributed by atoms with E-state index < -0.39 is 95.6 Å². The Morgan fingerprint density at radius 1 is 0.647 bits per heavy atom. The number of rotatable bonds is 12.